The number of amides is 1. The Balaban J connectivity index is 2.79. The van der Waals surface area contributed by atoms with Crippen LogP contribution in [0.15, 0.2) is 18.2 Å². The maximum Gasteiger partial charge on any atom is 0.242 e. The molecule has 92 valence electrons. The number of halogens is 1. The standard InChI is InChI=1S/C13H12ClN3O/c1-3-6-16-13(18)9(2)17-12-7-11(14)5-4-10(12)8-15/h1,4-5,7,9,17H,6H2,2H3,(H,16,18). The number of rotatable bonds is 4. The Morgan fingerprint density at radius 2 is 2.33 bits per heavy atom. The second kappa shape index (κ2) is 6.54. The van der Waals surface area contributed by atoms with Crippen LogP contribution in [-0.4, -0.2) is 18.5 Å². The summed E-state index contributed by atoms with van der Waals surface area (Å²) in [5, 5.41) is 14.9. The van der Waals surface area contributed by atoms with Gasteiger partial charge in [-0.2, -0.15) is 5.26 Å². The van der Waals surface area contributed by atoms with Crippen LogP contribution in [0, 0.1) is 23.7 Å². The third kappa shape index (κ3) is 3.69. The molecule has 0 aliphatic heterocycles. The second-order valence-electron chi connectivity index (χ2n) is 3.59. The Kier molecular flexibility index (Phi) is 5.05. The summed E-state index contributed by atoms with van der Waals surface area (Å²) in [5.74, 6) is 2.08. The van der Waals surface area contributed by atoms with Crippen molar-refractivity contribution in [1.29, 1.82) is 5.26 Å². The summed E-state index contributed by atoms with van der Waals surface area (Å²) in [6, 6.07) is 6.33. The highest BCUT2D eigenvalue weighted by molar-refractivity contribution is 6.30. The molecule has 0 saturated carbocycles. The summed E-state index contributed by atoms with van der Waals surface area (Å²) in [6.45, 7) is 1.85. The predicted octanol–water partition coefficient (Wildman–Crippen LogP) is 1.76. The van der Waals surface area contributed by atoms with Gasteiger partial charge in [-0.25, -0.2) is 0 Å². The number of anilines is 1. The van der Waals surface area contributed by atoms with Crippen LogP contribution in [0.2, 0.25) is 5.02 Å². The monoisotopic (exact) mass is 261 g/mol. The van der Waals surface area contributed by atoms with Gasteiger partial charge in [-0.05, 0) is 25.1 Å². The summed E-state index contributed by atoms with van der Waals surface area (Å²) in [5.41, 5.74) is 0.948. The van der Waals surface area contributed by atoms with Gasteiger partial charge in [0, 0.05) is 5.02 Å². The van der Waals surface area contributed by atoms with Crippen LogP contribution in [-0.2, 0) is 4.79 Å². The van der Waals surface area contributed by atoms with Gasteiger partial charge in [0.05, 0.1) is 17.8 Å². The normalized spacial score (nSPS) is 10.9. The quantitative estimate of drug-likeness (QED) is 0.812. The molecule has 0 bridgehead atoms. The van der Waals surface area contributed by atoms with Crippen molar-refractivity contribution in [3.8, 4) is 18.4 Å². The molecular formula is C13H12ClN3O. The van der Waals surface area contributed by atoms with Gasteiger partial charge in [-0.15, -0.1) is 6.42 Å². The molecule has 0 radical (unpaired) electrons. The number of nitriles is 1. The molecule has 1 unspecified atom stereocenters. The Hall–Kier alpha value is -2.17. The Bertz CT molecular complexity index is 528. The predicted molar refractivity (Wildman–Crippen MR) is 71.1 cm³/mol. The lowest BCUT2D eigenvalue weighted by Crippen LogP contribution is -2.37. The molecule has 4 nitrogen and oxygen atoms in total. The third-order valence-corrected chi connectivity index (χ3v) is 2.47. The fourth-order valence-electron chi connectivity index (χ4n) is 1.32. The minimum absolute atomic E-state index is 0.172. The van der Waals surface area contributed by atoms with E-state index in [-0.39, 0.29) is 12.5 Å². The maximum atomic E-state index is 11.6. The summed E-state index contributed by atoms with van der Waals surface area (Å²) in [4.78, 5) is 11.6. The average molecular weight is 262 g/mol. The molecule has 1 atom stereocenters. The van der Waals surface area contributed by atoms with E-state index in [4.69, 9.17) is 23.3 Å². The minimum atomic E-state index is -0.510. The first-order chi connectivity index (χ1) is 8.58. The van der Waals surface area contributed by atoms with E-state index in [0.29, 0.717) is 16.3 Å². The SMILES string of the molecule is C#CCNC(=O)C(C)Nc1cc(Cl)ccc1C#N. The molecule has 1 aromatic rings. The van der Waals surface area contributed by atoms with Crippen LogP contribution in [0.3, 0.4) is 0 Å². The number of terminal acetylenes is 1. The van der Waals surface area contributed by atoms with E-state index in [2.05, 4.69) is 16.6 Å². The molecule has 0 heterocycles. The highest BCUT2D eigenvalue weighted by Crippen LogP contribution is 2.21. The molecular weight excluding hydrogens is 250 g/mol. The number of benzene rings is 1. The summed E-state index contributed by atoms with van der Waals surface area (Å²) >= 11 is 5.84. The Morgan fingerprint density at radius 1 is 1.61 bits per heavy atom. The molecule has 0 aliphatic rings. The number of hydrogen-bond acceptors (Lipinski definition) is 3. The van der Waals surface area contributed by atoms with Crippen LogP contribution in [0.4, 0.5) is 5.69 Å². The van der Waals surface area contributed by atoms with Crippen LogP contribution in [0.1, 0.15) is 12.5 Å². The number of carbonyl (C=O) groups excluding carboxylic acids is 1. The molecule has 1 rings (SSSR count). The van der Waals surface area contributed by atoms with Gasteiger partial charge in [-0.1, -0.05) is 17.5 Å². The first-order valence-corrected chi connectivity index (χ1v) is 5.63. The Morgan fingerprint density at radius 3 is 2.94 bits per heavy atom. The zero-order chi connectivity index (χ0) is 13.5. The highest BCUT2D eigenvalue weighted by atomic mass is 35.5. The summed E-state index contributed by atoms with van der Waals surface area (Å²) in [6.07, 6.45) is 5.05. The number of hydrogen-bond donors (Lipinski definition) is 2. The van der Waals surface area contributed by atoms with Crippen LogP contribution in [0.25, 0.3) is 0 Å². The highest BCUT2D eigenvalue weighted by Gasteiger charge is 2.13. The van der Waals surface area contributed by atoms with Crippen molar-refractivity contribution in [2.45, 2.75) is 13.0 Å². The molecule has 18 heavy (non-hydrogen) atoms. The van der Waals surface area contributed by atoms with Gasteiger partial charge in [0.2, 0.25) is 5.91 Å². The van der Waals surface area contributed by atoms with Crippen molar-refractivity contribution in [3.63, 3.8) is 0 Å². The fourth-order valence-corrected chi connectivity index (χ4v) is 1.50. The number of carbonyl (C=O) groups is 1. The van der Waals surface area contributed by atoms with Gasteiger partial charge in [0.1, 0.15) is 12.1 Å². The maximum absolute atomic E-state index is 11.6. The molecule has 0 saturated heterocycles. The van der Waals surface area contributed by atoms with Crippen LogP contribution < -0.4 is 10.6 Å². The van der Waals surface area contributed by atoms with Crippen LogP contribution in [0.5, 0.6) is 0 Å². The summed E-state index contributed by atoms with van der Waals surface area (Å²) in [7, 11) is 0. The van der Waals surface area contributed by atoms with Crippen molar-refractivity contribution < 1.29 is 4.79 Å². The van der Waals surface area contributed by atoms with Gasteiger partial charge in [-0.3, -0.25) is 4.79 Å². The molecule has 1 aromatic carbocycles. The van der Waals surface area contributed by atoms with E-state index in [1.165, 1.54) is 0 Å². The zero-order valence-electron chi connectivity index (χ0n) is 9.83. The van der Waals surface area contributed by atoms with Crippen molar-refractivity contribution in [2.24, 2.45) is 0 Å². The lowest BCUT2D eigenvalue weighted by atomic mass is 10.1. The van der Waals surface area contributed by atoms with E-state index in [0.717, 1.165) is 0 Å². The van der Waals surface area contributed by atoms with Crippen molar-refractivity contribution in [1.82, 2.24) is 5.32 Å². The van der Waals surface area contributed by atoms with Crippen molar-refractivity contribution in [2.75, 3.05) is 11.9 Å². The van der Waals surface area contributed by atoms with Gasteiger partial charge in [0.25, 0.3) is 0 Å². The second-order valence-corrected chi connectivity index (χ2v) is 4.03. The topological polar surface area (TPSA) is 64.9 Å². The number of nitrogens with one attached hydrogen (secondary N) is 2. The largest absolute Gasteiger partial charge is 0.373 e. The molecule has 0 fully saturated rings. The molecule has 0 spiro atoms. The van der Waals surface area contributed by atoms with Gasteiger partial charge in [0.15, 0.2) is 0 Å². The van der Waals surface area contributed by atoms with Crippen molar-refractivity contribution >= 4 is 23.2 Å². The van der Waals surface area contributed by atoms with Gasteiger partial charge >= 0.3 is 0 Å². The molecule has 5 heteroatoms. The lowest BCUT2D eigenvalue weighted by molar-refractivity contribution is -0.121. The Labute approximate surface area is 111 Å². The number of nitrogens with zero attached hydrogens (tertiary/aromatic N) is 1. The summed E-state index contributed by atoms with van der Waals surface area (Å²) < 4.78 is 0. The van der Waals surface area contributed by atoms with E-state index < -0.39 is 6.04 Å². The molecule has 2 N–H and O–H groups in total. The van der Waals surface area contributed by atoms with E-state index in [9.17, 15) is 4.79 Å². The fraction of sp³-hybridized carbons (Fsp3) is 0.231. The lowest BCUT2D eigenvalue weighted by Gasteiger charge is -2.15. The van der Waals surface area contributed by atoms with Crippen LogP contribution >= 0.6 is 11.6 Å². The van der Waals surface area contributed by atoms with E-state index in [1.54, 1.807) is 25.1 Å². The minimum Gasteiger partial charge on any atom is -0.373 e. The first-order valence-electron chi connectivity index (χ1n) is 5.26. The molecule has 0 aliphatic carbocycles. The molecule has 1 amide bonds. The van der Waals surface area contributed by atoms with Gasteiger partial charge < -0.3 is 10.6 Å². The van der Waals surface area contributed by atoms with E-state index >= 15 is 0 Å². The zero-order valence-corrected chi connectivity index (χ0v) is 10.6. The first kappa shape index (κ1) is 13.9. The average Bonchev–Trinajstić information content (AvgIpc) is 2.36. The molecule has 0 aromatic heterocycles. The smallest absolute Gasteiger partial charge is 0.242 e. The van der Waals surface area contributed by atoms with E-state index in [1.807, 2.05) is 6.07 Å². The third-order valence-electron chi connectivity index (χ3n) is 2.23. The van der Waals surface area contributed by atoms with Crippen molar-refractivity contribution in [3.05, 3.63) is 28.8 Å².